The molecular weight excluding hydrogens is 201 g/mol. The van der Waals surface area contributed by atoms with Gasteiger partial charge in [0, 0.05) is 0 Å². The lowest BCUT2D eigenvalue weighted by molar-refractivity contribution is -0.208. The first-order valence-corrected chi connectivity index (χ1v) is 4.30. The SMILES string of the molecule is O=C(O)C1CC(O)CCC1C(F)(F)F. The van der Waals surface area contributed by atoms with E-state index in [1.807, 2.05) is 0 Å². The van der Waals surface area contributed by atoms with Crippen molar-refractivity contribution in [1.82, 2.24) is 0 Å². The average Bonchev–Trinajstić information content (AvgIpc) is 2.01. The minimum atomic E-state index is -4.48. The summed E-state index contributed by atoms with van der Waals surface area (Å²) >= 11 is 0. The summed E-state index contributed by atoms with van der Waals surface area (Å²) < 4.78 is 37.0. The third-order valence-corrected chi connectivity index (χ3v) is 2.56. The Kier molecular flexibility index (Phi) is 3.04. The molecule has 1 rings (SSSR count). The lowest BCUT2D eigenvalue weighted by atomic mass is 9.77. The monoisotopic (exact) mass is 212 g/mol. The molecule has 0 radical (unpaired) electrons. The normalized spacial score (nSPS) is 34.1. The Morgan fingerprint density at radius 1 is 1.29 bits per heavy atom. The summed E-state index contributed by atoms with van der Waals surface area (Å²) in [5.74, 6) is -4.80. The van der Waals surface area contributed by atoms with E-state index in [4.69, 9.17) is 10.2 Å². The van der Waals surface area contributed by atoms with Crippen molar-refractivity contribution in [3.8, 4) is 0 Å². The zero-order chi connectivity index (χ0) is 10.9. The van der Waals surface area contributed by atoms with E-state index in [1.165, 1.54) is 0 Å². The van der Waals surface area contributed by atoms with Gasteiger partial charge in [0.25, 0.3) is 0 Å². The molecule has 0 saturated heterocycles. The van der Waals surface area contributed by atoms with Gasteiger partial charge in [-0.1, -0.05) is 0 Å². The van der Waals surface area contributed by atoms with E-state index in [1.54, 1.807) is 0 Å². The molecule has 0 aliphatic heterocycles. The van der Waals surface area contributed by atoms with E-state index in [9.17, 15) is 18.0 Å². The number of halogens is 3. The van der Waals surface area contributed by atoms with Crippen LogP contribution in [-0.4, -0.2) is 28.5 Å². The maximum Gasteiger partial charge on any atom is 0.392 e. The van der Waals surface area contributed by atoms with Gasteiger partial charge in [0.15, 0.2) is 0 Å². The first-order chi connectivity index (χ1) is 6.32. The zero-order valence-electron chi connectivity index (χ0n) is 7.29. The molecule has 14 heavy (non-hydrogen) atoms. The second kappa shape index (κ2) is 3.76. The van der Waals surface area contributed by atoms with Gasteiger partial charge in [-0.15, -0.1) is 0 Å². The van der Waals surface area contributed by atoms with Crippen molar-refractivity contribution in [2.24, 2.45) is 11.8 Å². The Balaban J connectivity index is 2.78. The number of rotatable bonds is 1. The predicted octanol–water partition coefficient (Wildman–Crippen LogP) is 1.41. The van der Waals surface area contributed by atoms with E-state index in [0.29, 0.717) is 0 Å². The van der Waals surface area contributed by atoms with Crippen LogP contribution in [0.2, 0.25) is 0 Å². The van der Waals surface area contributed by atoms with Gasteiger partial charge in [-0.25, -0.2) is 0 Å². The standard InChI is InChI=1S/C8H11F3O3/c9-8(10,11)6-2-1-4(12)3-5(6)7(13)14/h4-6,12H,1-3H2,(H,13,14). The molecule has 3 nitrogen and oxygen atoms in total. The molecule has 2 N–H and O–H groups in total. The van der Waals surface area contributed by atoms with E-state index in [-0.39, 0.29) is 19.3 Å². The van der Waals surface area contributed by atoms with Gasteiger partial charge in [0.2, 0.25) is 0 Å². The highest BCUT2D eigenvalue weighted by Crippen LogP contribution is 2.41. The van der Waals surface area contributed by atoms with Gasteiger partial charge in [-0.3, -0.25) is 4.79 Å². The van der Waals surface area contributed by atoms with E-state index >= 15 is 0 Å². The lowest BCUT2D eigenvalue weighted by Crippen LogP contribution is -2.40. The third kappa shape index (κ3) is 2.37. The van der Waals surface area contributed by atoms with Gasteiger partial charge >= 0.3 is 12.1 Å². The quantitative estimate of drug-likeness (QED) is 0.690. The molecule has 0 bridgehead atoms. The van der Waals surface area contributed by atoms with Crippen LogP contribution < -0.4 is 0 Å². The fourth-order valence-corrected chi connectivity index (χ4v) is 1.81. The fraction of sp³-hybridized carbons (Fsp3) is 0.875. The number of hydrogen-bond acceptors (Lipinski definition) is 2. The van der Waals surface area contributed by atoms with Crippen LogP contribution in [-0.2, 0) is 4.79 Å². The van der Waals surface area contributed by atoms with Crippen LogP contribution in [0.5, 0.6) is 0 Å². The minimum absolute atomic E-state index is 0.0218. The second-order valence-corrected chi connectivity index (χ2v) is 3.56. The van der Waals surface area contributed by atoms with Crippen molar-refractivity contribution < 1.29 is 28.2 Å². The molecule has 0 spiro atoms. The van der Waals surface area contributed by atoms with Crippen molar-refractivity contribution in [3.63, 3.8) is 0 Å². The molecule has 6 heteroatoms. The molecule has 0 aromatic heterocycles. The Labute approximate surface area is 78.5 Å². The Hall–Kier alpha value is -0.780. The number of aliphatic hydroxyl groups excluding tert-OH is 1. The number of alkyl halides is 3. The number of hydrogen-bond donors (Lipinski definition) is 2. The van der Waals surface area contributed by atoms with Crippen molar-refractivity contribution in [2.75, 3.05) is 0 Å². The fourth-order valence-electron chi connectivity index (χ4n) is 1.81. The van der Waals surface area contributed by atoms with Crippen molar-refractivity contribution in [2.45, 2.75) is 31.5 Å². The second-order valence-electron chi connectivity index (χ2n) is 3.56. The number of carboxylic acid groups (broad SMARTS) is 1. The highest BCUT2D eigenvalue weighted by Gasteiger charge is 2.49. The van der Waals surface area contributed by atoms with Crippen LogP contribution in [0, 0.1) is 11.8 Å². The Morgan fingerprint density at radius 2 is 1.86 bits per heavy atom. The summed E-state index contributed by atoms with van der Waals surface area (Å²) in [4.78, 5) is 10.5. The number of aliphatic hydroxyl groups is 1. The molecule has 0 aromatic rings. The first-order valence-electron chi connectivity index (χ1n) is 4.30. The molecule has 3 atom stereocenters. The summed E-state index contributed by atoms with van der Waals surface area (Å²) in [5.41, 5.74) is 0. The van der Waals surface area contributed by atoms with Gasteiger partial charge in [0.1, 0.15) is 0 Å². The molecule has 1 aliphatic rings. The van der Waals surface area contributed by atoms with Crippen molar-refractivity contribution in [3.05, 3.63) is 0 Å². The van der Waals surface area contributed by atoms with Crippen molar-refractivity contribution >= 4 is 5.97 Å². The number of carboxylic acids is 1. The molecular formula is C8H11F3O3. The lowest BCUT2D eigenvalue weighted by Gasteiger charge is -2.32. The van der Waals surface area contributed by atoms with E-state index < -0.39 is 30.1 Å². The van der Waals surface area contributed by atoms with Crippen LogP contribution in [0.25, 0.3) is 0 Å². The molecule has 0 amide bonds. The highest BCUT2D eigenvalue weighted by molar-refractivity contribution is 5.70. The summed E-state index contributed by atoms with van der Waals surface area (Å²) in [7, 11) is 0. The zero-order valence-corrected chi connectivity index (χ0v) is 7.29. The Morgan fingerprint density at radius 3 is 2.29 bits per heavy atom. The molecule has 1 fully saturated rings. The molecule has 82 valence electrons. The van der Waals surface area contributed by atoms with Gasteiger partial charge in [-0.2, -0.15) is 13.2 Å². The summed E-state index contributed by atoms with van der Waals surface area (Å²) in [5, 5.41) is 17.7. The smallest absolute Gasteiger partial charge is 0.392 e. The third-order valence-electron chi connectivity index (χ3n) is 2.56. The first kappa shape index (κ1) is 11.3. The minimum Gasteiger partial charge on any atom is -0.481 e. The van der Waals surface area contributed by atoms with Gasteiger partial charge in [0.05, 0.1) is 17.9 Å². The van der Waals surface area contributed by atoms with E-state index in [0.717, 1.165) is 0 Å². The van der Waals surface area contributed by atoms with Crippen LogP contribution in [0.1, 0.15) is 19.3 Å². The van der Waals surface area contributed by atoms with Crippen molar-refractivity contribution in [1.29, 1.82) is 0 Å². The maximum absolute atomic E-state index is 12.3. The predicted molar refractivity (Wildman–Crippen MR) is 40.5 cm³/mol. The van der Waals surface area contributed by atoms with Gasteiger partial charge in [-0.05, 0) is 19.3 Å². The molecule has 1 aliphatic carbocycles. The molecule has 1 saturated carbocycles. The molecule has 0 heterocycles. The van der Waals surface area contributed by atoms with Crippen LogP contribution in [0.15, 0.2) is 0 Å². The molecule has 3 unspecified atom stereocenters. The van der Waals surface area contributed by atoms with E-state index in [2.05, 4.69) is 0 Å². The maximum atomic E-state index is 12.3. The summed E-state index contributed by atoms with van der Waals surface area (Å²) in [6, 6.07) is 0. The number of aliphatic carboxylic acids is 1. The number of carbonyl (C=O) groups is 1. The van der Waals surface area contributed by atoms with Crippen LogP contribution in [0.4, 0.5) is 13.2 Å². The topological polar surface area (TPSA) is 57.5 Å². The van der Waals surface area contributed by atoms with Crippen LogP contribution in [0.3, 0.4) is 0 Å². The Bertz CT molecular complexity index is 226. The van der Waals surface area contributed by atoms with Gasteiger partial charge < -0.3 is 10.2 Å². The average molecular weight is 212 g/mol. The van der Waals surface area contributed by atoms with Crippen LogP contribution >= 0.6 is 0 Å². The molecule has 0 aromatic carbocycles. The highest BCUT2D eigenvalue weighted by atomic mass is 19.4. The largest absolute Gasteiger partial charge is 0.481 e. The summed E-state index contributed by atoms with van der Waals surface area (Å²) in [6.07, 6.45) is -5.99. The summed E-state index contributed by atoms with van der Waals surface area (Å²) in [6.45, 7) is 0.